The molecule has 1 aromatic heterocycles. The Hall–Kier alpha value is -3.61. The summed E-state index contributed by atoms with van der Waals surface area (Å²) >= 11 is 2.29. The number of nitrogens with zero attached hydrogens (tertiary/aromatic N) is 3. The van der Waals surface area contributed by atoms with Crippen molar-refractivity contribution in [1.29, 1.82) is 0 Å². The normalized spacial score (nSPS) is 17.9. The second-order valence-electron chi connectivity index (χ2n) is 11.2. The molecule has 0 fully saturated rings. The highest BCUT2D eigenvalue weighted by Crippen LogP contribution is 2.36. The topological polar surface area (TPSA) is 114 Å². The lowest BCUT2D eigenvalue weighted by atomic mass is 9.92. The Labute approximate surface area is 253 Å². The molecule has 2 aromatic carbocycles. The number of carbonyl (C=O) groups is 2. The van der Waals surface area contributed by atoms with E-state index in [0.29, 0.717) is 12.2 Å². The molecule has 11 heteroatoms. The second kappa shape index (κ2) is 12.5. The highest BCUT2D eigenvalue weighted by molar-refractivity contribution is 14.1. The smallest absolute Gasteiger partial charge is 0.408 e. The molecule has 0 spiro atoms. The van der Waals surface area contributed by atoms with Crippen molar-refractivity contribution < 1.29 is 28.6 Å². The predicted octanol–water partition coefficient (Wildman–Crippen LogP) is 5.61. The number of alkyl carbamates (subject to hydrolysis) is 1. The molecular formula is C30H35IN4O6. The molecule has 3 aromatic rings. The number of para-hydroxylation sites is 1. The van der Waals surface area contributed by atoms with Gasteiger partial charge in [0, 0.05) is 3.42 Å². The Morgan fingerprint density at radius 2 is 1.76 bits per heavy atom. The molecule has 218 valence electrons. The Bertz CT molecular complexity index is 1430. The van der Waals surface area contributed by atoms with Gasteiger partial charge < -0.3 is 24.4 Å². The van der Waals surface area contributed by atoms with Crippen LogP contribution in [0, 0.1) is 0 Å². The van der Waals surface area contributed by atoms with E-state index in [0.717, 1.165) is 16.6 Å². The van der Waals surface area contributed by atoms with Crippen LogP contribution in [0.15, 0.2) is 78.6 Å². The van der Waals surface area contributed by atoms with Crippen molar-refractivity contribution in [2.45, 2.75) is 68.1 Å². The number of amides is 1. The Morgan fingerprint density at radius 3 is 2.44 bits per heavy atom. The van der Waals surface area contributed by atoms with Gasteiger partial charge in [0.05, 0.1) is 0 Å². The minimum absolute atomic E-state index is 0.0680. The fourth-order valence-electron chi connectivity index (χ4n) is 4.19. The minimum Gasteiger partial charge on any atom is -0.456 e. The molecule has 4 rings (SSSR count). The fraction of sp³-hybridized carbons (Fsp3) is 0.400. The number of carbonyl (C=O) groups excluding carboxylic acids is 2. The summed E-state index contributed by atoms with van der Waals surface area (Å²) in [5, 5.41) is 10.8. The van der Waals surface area contributed by atoms with Crippen LogP contribution in [-0.4, -0.2) is 49.1 Å². The van der Waals surface area contributed by atoms with Crippen molar-refractivity contribution in [2.75, 3.05) is 6.79 Å². The standard InChI is InChI=1S/C30H35IN4O6/c1-28(2,3)41-27(37)32-24(26(36)40-29(4,5)21-11-7-6-8-12-21)19-30(31)17-15-22(16-18-30)38-20-39-35-25-14-10-9-13-23(25)33-34-35/h6-17,24H,18-20H2,1-5H3,(H,32,37)/t24-,30?/m1/s1. The van der Waals surface area contributed by atoms with E-state index in [1.54, 1.807) is 20.8 Å². The summed E-state index contributed by atoms with van der Waals surface area (Å²) in [5.74, 6) is 0.0692. The number of hydrogen-bond acceptors (Lipinski definition) is 8. The van der Waals surface area contributed by atoms with Crippen molar-refractivity contribution in [3.05, 3.63) is 84.1 Å². The van der Waals surface area contributed by atoms with Gasteiger partial charge in [-0.05, 0) is 82.5 Å². The first-order valence-electron chi connectivity index (χ1n) is 13.3. The number of nitrogens with one attached hydrogen (secondary N) is 1. The molecule has 0 radical (unpaired) electrons. The summed E-state index contributed by atoms with van der Waals surface area (Å²) in [6, 6.07) is 16.0. The summed E-state index contributed by atoms with van der Waals surface area (Å²) in [6.45, 7) is 8.88. The lowest BCUT2D eigenvalue weighted by molar-refractivity contribution is -0.160. The molecule has 41 heavy (non-hydrogen) atoms. The van der Waals surface area contributed by atoms with E-state index in [1.807, 2.05) is 86.7 Å². The molecular weight excluding hydrogens is 639 g/mol. The highest BCUT2D eigenvalue weighted by atomic mass is 127. The number of aromatic nitrogens is 3. The third-order valence-electron chi connectivity index (χ3n) is 6.25. The number of esters is 1. The summed E-state index contributed by atoms with van der Waals surface area (Å²) in [4.78, 5) is 33.1. The van der Waals surface area contributed by atoms with E-state index in [1.165, 1.54) is 4.85 Å². The molecule has 1 amide bonds. The third-order valence-corrected chi connectivity index (χ3v) is 7.50. The van der Waals surface area contributed by atoms with Crippen LogP contribution in [0.25, 0.3) is 11.0 Å². The zero-order valence-corrected chi connectivity index (χ0v) is 26.0. The van der Waals surface area contributed by atoms with Crippen molar-refractivity contribution >= 4 is 45.7 Å². The zero-order chi connectivity index (χ0) is 29.7. The lowest BCUT2D eigenvalue weighted by Crippen LogP contribution is -2.48. The molecule has 1 N–H and O–H groups in total. The van der Waals surface area contributed by atoms with E-state index >= 15 is 0 Å². The zero-order valence-electron chi connectivity index (χ0n) is 23.8. The number of benzene rings is 2. The molecule has 0 aliphatic heterocycles. The van der Waals surface area contributed by atoms with Gasteiger partial charge in [-0.3, -0.25) is 0 Å². The molecule has 0 saturated heterocycles. The van der Waals surface area contributed by atoms with Gasteiger partial charge in [0.15, 0.2) is 0 Å². The van der Waals surface area contributed by atoms with E-state index < -0.39 is 32.7 Å². The average Bonchev–Trinajstić information content (AvgIpc) is 3.32. The van der Waals surface area contributed by atoms with Crippen LogP contribution < -0.4 is 10.2 Å². The maximum Gasteiger partial charge on any atom is 0.408 e. The second-order valence-corrected chi connectivity index (χ2v) is 13.4. The predicted molar refractivity (Wildman–Crippen MR) is 162 cm³/mol. The van der Waals surface area contributed by atoms with Gasteiger partial charge in [-0.25, -0.2) is 9.59 Å². The SMILES string of the molecule is CC(C)(C)OC(=O)N[C@H](CC1(I)C=CC(OCOn2nnc3ccccc32)=CC1)C(=O)OC(C)(C)c1ccccc1. The Kier molecular flexibility index (Phi) is 9.25. The van der Waals surface area contributed by atoms with Gasteiger partial charge in [0.2, 0.25) is 0 Å². The molecule has 10 nitrogen and oxygen atoms in total. The van der Waals surface area contributed by atoms with E-state index in [-0.39, 0.29) is 13.2 Å². The highest BCUT2D eigenvalue weighted by Gasteiger charge is 2.37. The number of alkyl halides is 1. The van der Waals surface area contributed by atoms with E-state index in [9.17, 15) is 9.59 Å². The van der Waals surface area contributed by atoms with Crippen LogP contribution in [0.1, 0.15) is 53.0 Å². The van der Waals surface area contributed by atoms with E-state index in [2.05, 4.69) is 38.2 Å². The van der Waals surface area contributed by atoms with Gasteiger partial charge in [0.1, 0.15) is 34.0 Å². The lowest BCUT2D eigenvalue weighted by Gasteiger charge is -2.33. The van der Waals surface area contributed by atoms with Crippen molar-refractivity contribution in [1.82, 2.24) is 20.5 Å². The summed E-state index contributed by atoms with van der Waals surface area (Å²) < 4.78 is 16.6. The number of ether oxygens (including phenoxy) is 3. The summed E-state index contributed by atoms with van der Waals surface area (Å²) in [5.41, 5.74) is 0.686. The molecule has 1 aliphatic rings. The van der Waals surface area contributed by atoms with Crippen molar-refractivity contribution in [3.63, 3.8) is 0 Å². The molecule has 0 saturated carbocycles. The fourth-order valence-corrected chi connectivity index (χ4v) is 5.03. The molecule has 1 unspecified atom stereocenters. The van der Waals surface area contributed by atoms with Gasteiger partial charge >= 0.3 is 12.1 Å². The maximum absolute atomic E-state index is 13.5. The number of fused-ring (bicyclic) bond motifs is 1. The number of hydrogen-bond donors (Lipinski definition) is 1. The van der Waals surface area contributed by atoms with Crippen LogP contribution in [0.3, 0.4) is 0 Å². The molecule has 0 bridgehead atoms. The van der Waals surface area contributed by atoms with Gasteiger partial charge in [-0.15, -0.1) is 5.10 Å². The first kappa shape index (κ1) is 30.4. The molecule has 1 aliphatic carbocycles. The van der Waals surface area contributed by atoms with Crippen LogP contribution in [0.4, 0.5) is 4.79 Å². The van der Waals surface area contributed by atoms with Crippen LogP contribution in [0.2, 0.25) is 0 Å². The van der Waals surface area contributed by atoms with Gasteiger partial charge in [0.25, 0.3) is 6.79 Å². The third kappa shape index (κ3) is 8.44. The molecule has 1 heterocycles. The first-order valence-corrected chi connectivity index (χ1v) is 14.3. The monoisotopic (exact) mass is 674 g/mol. The number of rotatable bonds is 10. The number of allylic oxidation sites excluding steroid dienone is 3. The summed E-state index contributed by atoms with van der Waals surface area (Å²) in [7, 11) is 0. The van der Waals surface area contributed by atoms with Crippen LogP contribution in [-0.2, 0) is 24.6 Å². The van der Waals surface area contributed by atoms with Crippen LogP contribution in [0.5, 0.6) is 0 Å². The van der Waals surface area contributed by atoms with Crippen LogP contribution >= 0.6 is 22.6 Å². The van der Waals surface area contributed by atoms with Crippen molar-refractivity contribution in [2.24, 2.45) is 0 Å². The first-order chi connectivity index (χ1) is 19.3. The number of halogens is 1. The summed E-state index contributed by atoms with van der Waals surface area (Å²) in [6.07, 6.45) is 5.83. The largest absolute Gasteiger partial charge is 0.456 e. The average molecular weight is 675 g/mol. The van der Waals surface area contributed by atoms with Gasteiger partial charge in [-0.1, -0.05) is 76.0 Å². The quantitative estimate of drug-likeness (QED) is 0.128. The van der Waals surface area contributed by atoms with Crippen molar-refractivity contribution in [3.8, 4) is 0 Å². The Morgan fingerprint density at radius 1 is 1.05 bits per heavy atom. The molecule has 2 atom stereocenters. The van der Waals surface area contributed by atoms with E-state index in [4.69, 9.17) is 19.0 Å². The van der Waals surface area contributed by atoms with Gasteiger partial charge in [-0.2, -0.15) is 0 Å². The Balaban J connectivity index is 1.39. The minimum atomic E-state index is -0.950. The maximum atomic E-state index is 13.5.